The second-order valence-corrected chi connectivity index (χ2v) is 7.20. The normalized spacial score (nSPS) is 13.1. The molecule has 0 unspecified atom stereocenters. The fourth-order valence-corrected chi connectivity index (χ4v) is 2.96. The number of hydrogen-bond donors (Lipinski definition) is 2. The van der Waals surface area contributed by atoms with E-state index in [0.29, 0.717) is 12.8 Å². The molecule has 0 radical (unpaired) electrons. The standard InChI is InChI=1S/C21H30N2O2.ClH/c1-21(22,16-24)15-14-18-12-13-19(23(18)2)20(25)11-7-6-10-17-8-4-3-5-9-17;/h3-5,8-9,12-13,24H,6-7,10-11,14-16,22H2,1-2H3;1H/t21-;/m1./s1. The van der Waals surface area contributed by atoms with Crippen LogP contribution in [-0.4, -0.2) is 27.6 Å². The Morgan fingerprint density at radius 2 is 1.81 bits per heavy atom. The van der Waals surface area contributed by atoms with Crippen LogP contribution in [0.25, 0.3) is 0 Å². The van der Waals surface area contributed by atoms with Gasteiger partial charge >= 0.3 is 0 Å². The lowest BCUT2D eigenvalue weighted by atomic mass is 9.97. The Bertz CT molecular complexity index is 681. The third kappa shape index (κ3) is 6.60. The van der Waals surface area contributed by atoms with Crippen molar-refractivity contribution in [1.29, 1.82) is 0 Å². The highest BCUT2D eigenvalue weighted by atomic mass is 35.5. The smallest absolute Gasteiger partial charge is 0.179 e. The number of nitrogens with zero attached hydrogens (tertiary/aromatic N) is 1. The molecule has 0 bridgehead atoms. The highest BCUT2D eigenvalue weighted by Gasteiger charge is 2.19. The molecule has 1 aromatic heterocycles. The summed E-state index contributed by atoms with van der Waals surface area (Å²) < 4.78 is 1.97. The average Bonchev–Trinajstić information content (AvgIpc) is 2.98. The summed E-state index contributed by atoms with van der Waals surface area (Å²) in [5.41, 5.74) is 8.57. The van der Waals surface area contributed by atoms with Gasteiger partial charge in [0.05, 0.1) is 12.3 Å². The van der Waals surface area contributed by atoms with Crippen LogP contribution in [0.2, 0.25) is 0 Å². The summed E-state index contributed by atoms with van der Waals surface area (Å²) in [6.07, 6.45) is 4.96. The molecule has 1 aromatic carbocycles. The Hall–Kier alpha value is -1.62. The van der Waals surface area contributed by atoms with Crippen LogP contribution in [-0.2, 0) is 19.9 Å². The summed E-state index contributed by atoms with van der Waals surface area (Å²) in [5.74, 6) is 0.194. The lowest BCUT2D eigenvalue weighted by molar-refractivity contribution is 0.0971. The van der Waals surface area contributed by atoms with E-state index in [1.165, 1.54) is 5.56 Å². The fourth-order valence-electron chi connectivity index (χ4n) is 2.96. The predicted octanol–water partition coefficient (Wildman–Crippen LogP) is 3.68. The second-order valence-electron chi connectivity index (χ2n) is 7.20. The van der Waals surface area contributed by atoms with E-state index in [2.05, 4.69) is 24.3 Å². The van der Waals surface area contributed by atoms with Gasteiger partial charge in [-0.25, -0.2) is 0 Å². The molecule has 2 rings (SSSR count). The first-order valence-corrected chi connectivity index (χ1v) is 9.04. The lowest BCUT2D eigenvalue weighted by Crippen LogP contribution is -2.40. The largest absolute Gasteiger partial charge is 0.394 e. The number of aliphatic hydroxyl groups is 1. The first-order valence-electron chi connectivity index (χ1n) is 9.04. The van der Waals surface area contributed by atoms with E-state index < -0.39 is 5.54 Å². The van der Waals surface area contributed by atoms with E-state index in [1.807, 2.05) is 36.7 Å². The van der Waals surface area contributed by atoms with Gasteiger partial charge in [-0.2, -0.15) is 0 Å². The van der Waals surface area contributed by atoms with Crippen LogP contribution in [0.4, 0.5) is 0 Å². The SMILES string of the molecule is Cl.Cn1c(CC[C@@](C)(N)CO)ccc1C(=O)CCCCc1ccccc1. The maximum Gasteiger partial charge on any atom is 0.179 e. The number of carbonyl (C=O) groups excluding carboxylic acids is 1. The van der Waals surface area contributed by atoms with Gasteiger partial charge in [-0.3, -0.25) is 4.79 Å². The third-order valence-electron chi connectivity index (χ3n) is 4.79. The summed E-state index contributed by atoms with van der Waals surface area (Å²) in [6.45, 7) is 1.80. The number of aliphatic hydroxyl groups excluding tert-OH is 1. The summed E-state index contributed by atoms with van der Waals surface area (Å²) in [7, 11) is 1.93. The third-order valence-corrected chi connectivity index (χ3v) is 4.79. The molecule has 0 saturated carbocycles. The predicted molar refractivity (Wildman–Crippen MR) is 109 cm³/mol. The first-order chi connectivity index (χ1) is 11.9. The monoisotopic (exact) mass is 378 g/mol. The van der Waals surface area contributed by atoms with Gasteiger partial charge in [0, 0.05) is 24.7 Å². The van der Waals surface area contributed by atoms with Crippen molar-refractivity contribution in [2.75, 3.05) is 6.61 Å². The van der Waals surface area contributed by atoms with Gasteiger partial charge in [-0.05, 0) is 56.7 Å². The molecule has 1 atom stereocenters. The summed E-state index contributed by atoms with van der Waals surface area (Å²) in [4.78, 5) is 12.5. The lowest BCUT2D eigenvalue weighted by Gasteiger charge is -2.21. The molecular formula is C21H31ClN2O2. The Morgan fingerprint density at radius 3 is 2.46 bits per heavy atom. The minimum Gasteiger partial charge on any atom is -0.394 e. The Labute approximate surface area is 162 Å². The number of Topliss-reactive ketones (excluding diaryl/α,β-unsaturated/α-hetero) is 1. The molecule has 1 heterocycles. The molecule has 26 heavy (non-hydrogen) atoms. The minimum atomic E-state index is -0.577. The summed E-state index contributed by atoms with van der Waals surface area (Å²) in [6, 6.07) is 14.3. The van der Waals surface area contributed by atoms with Crippen LogP contribution in [0, 0.1) is 0 Å². The van der Waals surface area contributed by atoms with Crippen LogP contribution < -0.4 is 5.73 Å². The number of carbonyl (C=O) groups is 1. The van der Waals surface area contributed by atoms with E-state index in [-0.39, 0.29) is 24.8 Å². The Balaban J connectivity index is 0.00000338. The molecule has 0 spiro atoms. The van der Waals surface area contributed by atoms with Crippen LogP contribution in [0.1, 0.15) is 54.4 Å². The molecule has 0 aliphatic heterocycles. The topological polar surface area (TPSA) is 68.2 Å². The number of benzene rings is 1. The first kappa shape index (κ1) is 22.4. The van der Waals surface area contributed by atoms with Crippen molar-refractivity contribution in [2.24, 2.45) is 12.8 Å². The van der Waals surface area contributed by atoms with Crippen molar-refractivity contribution in [2.45, 2.75) is 51.0 Å². The van der Waals surface area contributed by atoms with Gasteiger partial charge < -0.3 is 15.4 Å². The maximum absolute atomic E-state index is 12.5. The molecule has 0 saturated heterocycles. The molecular weight excluding hydrogens is 348 g/mol. The number of aryl methyl sites for hydroxylation is 2. The van der Waals surface area contributed by atoms with Gasteiger partial charge in [0.2, 0.25) is 0 Å². The zero-order valence-electron chi connectivity index (χ0n) is 15.8. The zero-order chi connectivity index (χ0) is 18.3. The van der Waals surface area contributed by atoms with E-state index in [0.717, 1.165) is 37.1 Å². The Morgan fingerprint density at radius 1 is 1.12 bits per heavy atom. The number of halogens is 1. The van der Waals surface area contributed by atoms with Gasteiger partial charge in [-0.15, -0.1) is 12.4 Å². The van der Waals surface area contributed by atoms with Gasteiger partial charge in [0.1, 0.15) is 0 Å². The Kier molecular flexibility index (Phi) is 9.06. The molecule has 3 N–H and O–H groups in total. The molecule has 144 valence electrons. The number of unbranched alkanes of at least 4 members (excludes halogenated alkanes) is 1. The van der Waals surface area contributed by atoms with Crippen molar-refractivity contribution in [3.8, 4) is 0 Å². The van der Waals surface area contributed by atoms with Crippen LogP contribution in [0.15, 0.2) is 42.5 Å². The van der Waals surface area contributed by atoms with Crippen LogP contribution in [0.3, 0.4) is 0 Å². The van der Waals surface area contributed by atoms with Crippen molar-refractivity contribution in [3.63, 3.8) is 0 Å². The van der Waals surface area contributed by atoms with Crippen LogP contribution in [0.5, 0.6) is 0 Å². The van der Waals surface area contributed by atoms with E-state index in [9.17, 15) is 9.90 Å². The minimum absolute atomic E-state index is 0. The molecule has 4 nitrogen and oxygen atoms in total. The maximum atomic E-state index is 12.5. The molecule has 0 fully saturated rings. The summed E-state index contributed by atoms with van der Waals surface area (Å²) >= 11 is 0. The second kappa shape index (κ2) is 10.5. The fraction of sp³-hybridized carbons (Fsp3) is 0.476. The quantitative estimate of drug-likeness (QED) is 0.489. The molecule has 2 aromatic rings. The van der Waals surface area contributed by atoms with Crippen molar-refractivity contribution in [3.05, 3.63) is 59.4 Å². The molecule has 0 aliphatic carbocycles. The molecule has 5 heteroatoms. The number of aromatic nitrogens is 1. The van der Waals surface area contributed by atoms with E-state index >= 15 is 0 Å². The average molecular weight is 379 g/mol. The number of rotatable bonds is 10. The highest BCUT2D eigenvalue weighted by molar-refractivity contribution is 5.94. The number of ketones is 1. The van der Waals surface area contributed by atoms with Crippen LogP contribution >= 0.6 is 12.4 Å². The van der Waals surface area contributed by atoms with Gasteiger partial charge in [0.25, 0.3) is 0 Å². The highest BCUT2D eigenvalue weighted by Crippen LogP contribution is 2.16. The van der Waals surface area contributed by atoms with Crippen molar-refractivity contribution in [1.82, 2.24) is 4.57 Å². The number of nitrogens with two attached hydrogens (primary N) is 1. The number of hydrogen-bond acceptors (Lipinski definition) is 3. The van der Waals surface area contributed by atoms with E-state index in [1.54, 1.807) is 0 Å². The summed E-state index contributed by atoms with van der Waals surface area (Å²) in [5, 5.41) is 9.25. The van der Waals surface area contributed by atoms with E-state index in [4.69, 9.17) is 5.73 Å². The zero-order valence-corrected chi connectivity index (χ0v) is 16.6. The van der Waals surface area contributed by atoms with Crippen molar-refractivity contribution < 1.29 is 9.90 Å². The molecule has 0 amide bonds. The van der Waals surface area contributed by atoms with Gasteiger partial charge in [-0.1, -0.05) is 30.3 Å². The van der Waals surface area contributed by atoms with Gasteiger partial charge in [0.15, 0.2) is 5.78 Å². The molecule has 0 aliphatic rings. The van der Waals surface area contributed by atoms with Crippen molar-refractivity contribution >= 4 is 18.2 Å².